The Kier molecular flexibility index (Phi) is 2.51. The van der Waals surface area contributed by atoms with Crippen molar-refractivity contribution in [2.24, 2.45) is 0 Å². The highest BCUT2D eigenvalue weighted by atomic mass is 16.1. The molecule has 1 aromatic carbocycles. The third kappa shape index (κ3) is 1.57. The van der Waals surface area contributed by atoms with Crippen LogP contribution in [0.15, 0.2) is 47.6 Å². The maximum Gasteiger partial charge on any atom is 0.190 e. The predicted octanol–water partition coefficient (Wildman–Crippen LogP) is 3.49. The SMILES string of the molecule is C=C1CCC2=C(CC1)C(=O)c1ccccc1C2=O. The number of allylic oxidation sites excluding steroid dienone is 3. The second kappa shape index (κ2) is 4.05. The number of hydrogen-bond acceptors (Lipinski definition) is 2. The molecule has 90 valence electrons. The third-order valence-corrected chi connectivity index (χ3v) is 3.79. The van der Waals surface area contributed by atoms with E-state index in [1.807, 2.05) is 12.1 Å². The van der Waals surface area contributed by atoms with E-state index in [0.717, 1.165) is 29.6 Å². The number of hydrogen-bond donors (Lipinski definition) is 0. The van der Waals surface area contributed by atoms with E-state index in [1.54, 1.807) is 12.1 Å². The second-order valence-corrected chi connectivity index (χ2v) is 4.91. The van der Waals surface area contributed by atoms with Crippen molar-refractivity contribution >= 4 is 11.6 Å². The van der Waals surface area contributed by atoms with Gasteiger partial charge in [-0.1, -0.05) is 36.4 Å². The lowest BCUT2D eigenvalue weighted by molar-refractivity contribution is 0.0970. The zero-order valence-electron chi connectivity index (χ0n) is 10.2. The number of Topliss-reactive ketones (excluding diaryl/α,β-unsaturated/α-hetero) is 2. The molecule has 0 atom stereocenters. The molecule has 2 nitrogen and oxygen atoms in total. The van der Waals surface area contributed by atoms with Gasteiger partial charge in [0.25, 0.3) is 0 Å². The van der Waals surface area contributed by atoms with Crippen LogP contribution in [-0.4, -0.2) is 11.6 Å². The smallest absolute Gasteiger partial charge is 0.190 e. The number of carbonyl (C=O) groups excluding carboxylic acids is 2. The number of carbonyl (C=O) groups is 2. The lowest BCUT2D eigenvalue weighted by Crippen LogP contribution is -2.21. The van der Waals surface area contributed by atoms with Crippen LogP contribution in [0.25, 0.3) is 0 Å². The molecular weight excluding hydrogens is 224 g/mol. The summed E-state index contributed by atoms with van der Waals surface area (Å²) in [4.78, 5) is 24.8. The van der Waals surface area contributed by atoms with E-state index in [0.29, 0.717) is 24.0 Å². The standard InChI is InChI=1S/C16H14O2/c1-10-6-8-13-14(9-7-10)16(18)12-5-3-2-4-11(12)15(13)17/h2-5H,1,6-9H2. The van der Waals surface area contributed by atoms with Crippen LogP contribution < -0.4 is 0 Å². The normalized spacial score (nSPS) is 19.4. The summed E-state index contributed by atoms with van der Waals surface area (Å²) in [5, 5.41) is 0. The minimum absolute atomic E-state index is 0.0369. The van der Waals surface area contributed by atoms with Gasteiger partial charge in [0.2, 0.25) is 0 Å². The Morgan fingerprint density at radius 3 is 1.67 bits per heavy atom. The van der Waals surface area contributed by atoms with E-state index in [1.165, 1.54) is 0 Å². The average Bonchev–Trinajstić information content (AvgIpc) is 2.59. The van der Waals surface area contributed by atoms with E-state index in [4.69, 9.17) is 0 Å². The Bertz CT molecular complexity index is 554. The molecule has 0 heterocycles. The van der Waals surface area contributed by atoms with Gasteiger partial charge >= 0.3 is 0 Å². The van der Waals surface area contributed by atoms with Crippen LogP contribution in [0.3, 0.4) is 0 Å². The minimum Gasteiger partial charge on any atom is -0.289 e. The van der Waals surface area contributed by atoms with Crippen molar-refractivity contribution in [3.8, 4) is 0 Å². The lowest BCUT2D eigenvalue weighted by atomic mass is 9.82. The molecule has 1 aromatic rings. The fourth-order valence-electron chi connectivity index (χ4n) is 2.74. The molecule has 0 saturated heterocycles. The molecule has 0 fully saturated rings. The number of fused-ring (bicyclic) bond motifs is 1. The van der Waals surface area contributed by atoms with Gasteiger partial charge in [0.1, 0.15) is 0 Å². The zero-order chi connectivity index (χ0) is 12.7. The maximum atomic E-state index is 12.4. The van der Waals surface area contributed by atoms with Gasteiger partial charge in [-0.3, -0.25) is 9.59 Å². The fourth-order valence-corrected chi connectivity index (χ4v) is 2.74. The van der Waals surface area contributed by atoms with Crippen LogP contribution in [-0.2, 0) is 0 Å². The van der Waals surface area contributed by atoms with Gasteiger partial charge in [0.15, 0.2) is 11.6 Å². The van der Waals surface area contributed by atoms with Crippen LogP contribution in [0.2, 0.25) is 0 Å². The van der Waals surface area contributed by atoms with Crippen LogP contribution in [0.1, 0.15) is 46.4 Å². The highest BCUT2D eigenvalue weighted by molar-refractivity contribution is 6.26. The van der Waals surface area contributed by atoms with Crippen molar-refractivity contribution in [2.45, 2.75) is 25.7 Å². The second-order valence-electron chi connectivity index (χ2n) is 4.91. The van der Waals surface area contributed by atoms with Crippen molar-refractivity contribution < 1.29 is 9.59 Å². The first-order valence-corrected chi connectivity index (χ1v) is 6.25. The molecule has 0 spiro atoms. The largest absolute Gasteiger partial charge is 0.289 e. The molecule has 3 rings (SSSR count). The molecule has 2 heteroatoms. The zero-order valence-corrected chi connectivity index (χ0v) is 10.2. The van der Waals surface area contributed by atoms with Gasteiger partial charge in [0, 0.05) is 22.3 Å². The maximum absolute atomic E-state index is 12.4. The van der Waals surface area contributed by atoms with Crippen molar-refractivity contribution in [3.63, 3.8) is 0 Å². The quantitative estimate of drug-likeness (QED) is 0.648. The van der Waals surface area contributed by atoms with Crippen molar-refractivity contribution in [1.82, 2.24) is 0 Å². The molecule has 0 N–H and O–H groups in total. The first kappa shape index (κ1) is 11.1. The first-order chi connectivity index (χ1) is 8.68. The Hall–Kier alpha value is -1.96. The van der Waals surface area contributed by atoms with E-state index < -0.39 is 0 Å². The Morgan fingerprint density at radius 2 is 1.22 bits per heavy atom. The Morgan fingerprint density at radius 1 is 0.778 bits per heavy atom. The van der Waals surface area contributed by atoms with E-state index in [-0.39, 0.29) is 11.6 Å². The number of benzene rings is 1. The Balaban J connectivity index is 2.14. The monoisotopic (exact) mass is 238 g/mol. The highest BCUT2D eigenvalue weighted by Crippen LogP contribution is 2.35. The van der Waals surface area contributed by atoms with E-state index >= 15 is 0 Å². The van der Waals surface area contributed by atoms with Gasteiger partial charge in [-0.25, -0.2) is 0 Å². The fraction of sp³-hybridized carbons (Fsp3) is 0.250. The summed E-state index contributed by atoms with van der Waals surface area (Å²) >= 11 is 0. The molecule has 18 heavy (non-hydrogen) atoms. The van der Waals surface area contributed by atoms with Gasteiger partial charge < -0.3 is 0 Å². The minimum atomic E-state index is 0.0369. The summed E-state index contributed by atoms with van der Waals surface area (Å²) in [6.07, 6.45) is 2.96. The molecule has 0 amide bonds. The van der Waals surface area contributed by atoms with E-state index in [2.05, 4.69) is 6.58 Å². The van der Waals surface area contributed by atoms with Crippen molar-refractivity contribution in [3.05, 3.63) is 58.7 Å². The van der Waals surface area contributed by atoms with Crippen molar-refractivity contribution in [1.29, 1.82) is 0 Å². The summed E-state index contributed by atoms with van der Waals surface area (Å²) in [6, 6.07) is 7.12. The first-order valence-electron chi connectivity index (χ1n) is 6.25. The molecular formula is C16H14O2. The van der Waals surface area contributed by atoms with Crippen LogP contribution >= 0.6 is 0 Å². The van der Waals surface area contributed by atoms with Gasteiger partial charge in [-0.05, 0) is 25.7 Å². The number of rotatable bonds is 0. The average molecular weight is 238 g/mol. The molecule has 0 saturated carbocycles. The van der Waals surface area contributed by atoms with Crippen LogP contribution in [0, 0.1) is 0 Å². The summed E-state index contributed by atoms with van der Waals surface area (Å²) in [5.74, 6) is 0.0739. The van der Waals surface area contributed by atoms with Crippen molar-refractivity contribution in [2.75, 3.05) is 0 Å². The topological polar surface area (TPSA) is 34.1 Å². The summed E-state index contributed by atoms with van der Waals surface area (Å²) in [5.41, 5.74) is 3.70. The molecule has 0 radical (unpaired) electrons. The summed E-state index contributed by atoms with van der Waals surface area (Å²) in [7, 11) is 0. The Labute approximate surface area is 106 Å². The van der Waals surface area contributed by atoms with E-state index in [9.17, 15) is 9.59 Å². The summed E-state index contributed by atoms with van der Waals surface area (Å²) in [6.45, 7) is 3.98. The molecule has 2 aliphatic rings. The third-order valence-electron chi connectivity index (χ3n) is 3.79. The molecule has 0 bridgehead atoms. The number of ketones is 2. The molecule has 0 unspecified atom stereocenters. The van der Waals surface area contributed by atoms with Gasteiger partial charge in [-0.2, -0.15) is 0 Å². The van der Waals surface area contributed by atoms with Gasteiger partial charge in [-0.15, -0.1) is 0 Å². The summed E-state index contributed by atoms with van der Waals surface area (Å²) < 4.78 is 0. The van der Waals surface area contributed by atoms with Crippen LogP contribution in [0.4, 0.5) is 0 Å². The lowest BCUT2D eigenvalue weighted by Gasteiger charge is -2.19. The molecule has 2 aliphatic carbocycles. The van der Waals surface area contributed by atoms with Gasteiger partial charge in [0.05, 0.1) is 0 Å². The molecule has 0 aromatic heterocycles. The highest BCUT2D eigenvalue weighted by Gasteiger charge is 2.32. The predicted molar refractivity (Wildman–Crippen MR) is 69.7 cm³/mol. The molecule has 0 aliphatic heterocycles. The van der Waals surface area contributed by atoms with Crippen LogP contribution in [0.5, 0.6) is 0 Å².